The molecule has 0 saturated heterocycles. The minimum absolute atomic E-state index is 0.0238. The number of hydrogen-bond acceptors (Lipinski definition) is 3. The van der Waals surface area contributed by atoms with Gasteiger partial charge in [-0.3, -0.25) is 14.4 Å². The highest BCUT2D eigenvalue weighted by Crippen LogP contribution is 2.30. The lowest BCUT2D eigenvalue weighted by molar-refractivity contribution is -0.146. The average molecular weight is 290 g/mol. The van der Waals surface area contributed by atoms with Crippen LogP contribution in [0.25, 0.3) is 0 Å². The van der Waals surface area contributed by atoms with Crippen molar-refractivity contribution >= 4 is 23.5 Å². The van der Waals surface area contributed by atoms with Crippen molar-refractivity contribution in [3.8, 4) is 0 Å². The topological polar surface area (TPSA) is 95.5 Å². The van der Waals surface area contributed by atoms with E-state index in [1.54, 1.807) is 24.3 Å². The van der Waals surface area contributed by atoms with Crippen molar-refractivity contribution in [3.05, 3.63) is 29.8 Å². The lowest BCUT2D eigenvalue weighted by Crippen LogP contribution is -2.33. The molecule has 1 aliphatic carbocycles. The first-order chi connectivity index (χ1) is 9.97. The zero-order valence-electron chi connectivity index (χ0n) is 11.8. The standard InChI is InChI=1S/C15H18N2O4/c1-9(15(20)21)13(18)16-8-10-3-2-4-12(7-10)17-14(19)11-5-6-11/h2-4,7,9,11H,5-6,8H2,1H3,(H,16,18)(H,17,19)(H,20,21). The highest BCUT2D eigenvalue weighted by atomic mass is 16.4. The summed E-state index contributed by atoms with van der Waals surface area (Å²) < 4.78 is 0. The van der Waals surface area contributed by atoms with E-state index in [9.17, 15) is 14.4 Å². The van der Waals surface area contributed by atoms with Crippen LogP contribution < -0.4 is 10.6 Å². The van der Waals surface area contributed by atoms with E-state index < -0.39 is 17.8 Å². The van der Waals surface area contributed by atoms with Gasteiger partial charge in [0.25, 0.3) is 0 Å². The summed E-state index contributed by atoms with van der Waals surface area (Å²) in [4.78, 5) is 33.9. The SMILES string of the molecule is CC(C(=O)O)C(=O)NCc1cccc(NC(=O)C2CC2)c1. The molecule has 0 bridgehead atoms. The van der Waals surface area contributed by atoms with E-state index in [2.05, 4.69) is 10.6 Å². The van der Waals surface area contributed by atoms with Crippen LogP contribution in [0.4, 0.5) is 5.69 Å². The van der Waals surface area contributed by atoms with Crippen LogP contribution in [0.2, 0.25) is 0 Å². The van der Waals surface area contributed by atoms with E-state index >= 15 is 0 Å². The monoisotopic (exact) mass is 290 g/mol. The van der Waals surface area contributed by atoms with Gasteiger partial charge in [0.2, 0.25) is 11.8 Å². The fraction of sp³-hybridized carbons (Fsp3) is 0.400. The van der Waals surface area contributed by atoms with Gasteiger partial charge in [0.15, 0.2) is 0 Å². The molecule has 0 radical (unpaired) electrons. The first-order valence-electron chi connectivity index (χ1n) is 6.87. The van der Waals surface area contributed by atoms with Gasteiger partial charge in [-0.15, -0.1) is 0 Å². The molecule has 1 aromatic carbocycles. The largest absolute Gasteiger partial charge is 0.481 e. The third kappa shape index (κ3) is 4.30. The van der Waals surface area contributed by atoms with Gasteiger partial charge in [0.1, 0.15) is 5.92 Å². The molecule has 3 N–H and O–H groups in total. The maximum Gasteiger partial charge on any atom is 0.315 e. The number of aliphatic carboxylic acids is 1. The molecule has 1 saturated carbocycles. The smallest absolute Gasteiger partial charge is 0.315 e. The summed E-state index contributed by atoms with van der Waals surface area (Å²) in [5.74, 6) is -2.61. The molecule has 1 fully saturated rings. The Morgan fingerprint density at radius 1 is 1.33 bits per heavy atom. The number of anilines is 1. The van der Waals surface area contributed by atoms with Crippen LogP contribution in [0.5, 0.6) is 0 Å². The van der Waals surface area contributed by atoms with Crippen molar-refractivity contribution < 1.29 is 19.5 Å². The van der Waals surface area contributed by atoms with Crippen molar-refractivity contribution in [2.24, 2.45) is 11.8 Å². The Hall–Kier alpha value is -2.37. The Labute approximate surface area is 122 Å². The lowest BCUT2D eigenvalue weighted by Gasteiger charge is -2.10. The number of carbonyl (C=O) groups excluding carboxylic acids is 2. The summed E-state index contributed by atoms with van der Waals surface area (Å²) in [6.07, 6.45) is 1.88. The molecular formula is C15H18N2O4. The van der Waals surface area contributed by atoms with E-state index in [4.69, 9.17) is 5.11 Å². The molecule has 2 rings (SSSR count). The molecule has 0 heterocycles. The van der Waals surface area contributed by atoms with Gasteiger partial charge in [0, 0.05) is 18.2 Å². The van der Waals surface area contributed by atoms with E-state index in [1.807, 2.05) is 0 Å². The highest BCUT2D eigenvalue weighted by molar-refractivity contribution is 5.96. The minimum Gasteiger partial charge on any atom is -0.481 e. The zero-order valence-corrected chi connectivity index (χ0v) is 11.8. The Balaban J connectivity index is 1.90. The van der Waals surface area contributed by atoms with Gasteiger partial charge in [0.05, 0.1) is 0 Å². The van der Waals surface area contributed by atoms with Gasteiger partial charge in [-0.05, 0) is 37.5 Å². The summed E-state index contributed by atoms with van der Waals surface area (Å²) in [6, 6.07) is 7.14. The second-order valence-corrected chi connectivity index (χ2v) is 5.24. The number of amides is 2. The van der Waals surface area contributed by atoms with Crippen LogP contribution in [-0.2, 0) is 20.9 Å². The molecule has 21 heavy (non-hydrogen) atoms. The Kier molecular flexibility index (Phi) is 4.57. The molecule has 1 atom stereocenters. The molecule has 1 unspecified atom stereocenters. The second-order valence-electron chi connectivity index (χ2n) is 5.24. The fourth-order valence-electron chi connectivity index (χ4n) is 1.80. The van der Waals surface area contributed by atoms with Crippen LogP contribution in [0.15, 0.2) is 24.3 Å². The van der Waals surface area contributed by atoms with Gasteiger partial charge >= 0.3 is 5.97 Å². The number of nitrogens with one attached hydrogen (secondary N) is 2. The first-order valence-corrected chi connectivity index (χ1v) is 6.87. The number of carboxylic acid groups (broad SMARTS) is 1. The predicted octanol–water partition coefficient (Wildman–Crippen LogP) is 1.37. The third-order valence-electron chi connectivity index (χ3n) is 3.37. The van der Waals surface area contributed by atoms with E-state index in [0.717, 1.165) is 18.4 Å². The van der Waals surface area contributed by atoms with Crippen LogP contribution in [0.1, 0.15) is 25.3 Å². The molecule has 0 aromatic heterocycles. The summed E-state index contributed by atoms with van der Waals surface area (Å²) >= 11 is 0. The van der Waals surface area contributed by atoms with Crippen molar-refractivity contribution in [1.82, 2.24) is 5.32 Å². The lowest BCUT2D eigenvalue weighted by atomic mass is 10.1. The highest BCUT2D eigenvalue weighted by Gasteiger charge is 2.29. The van der Waals surface area contributed by atoms with Crippen LogP contribution >= 0.6 is 0 Å². The summed E-state index contributed by atoms with van der Waals surface area (Å²) in [7, 11) is 0. The van der Waals surface area contributed by atoms with E-state index in [0.29, 0.717) is 5.69 Å². The Bertz CT molecular complexity index is 567. The predicted molar refractivity (Wildman–Crippen MR) is 76.4 cm³/mol. The Morgan fingerprint density at radius 3 is 2.67 bits per heavy atom. The molecule has 1 aliphatic rings. The second kappa shape index (κ2) is 6.39. The summed E-state index contributed by atoms with van der Waals surface area (Å²) in [5, 5.41) is 14.1. The number of hydrogen-bond donors (Lipinski definition) is 3. The van der Waals surface area contributed by atoms with E-state index in [-0.39, 0.29) is 18.4 Å². The molecule has 0 aliphatic heterocycles. The summed E-state index contributed by atoms with van der Waals surface area (Å²) in [6.45, 7) is 1.56. The molecule has 2 amide bonds. The number of rotatable bonds is 6. The van der Waals surface area contributed by atoms with Crippen molar-refractivity contribution in [2.45, 2.75) is 26.3 Å². The number of carboxylic acids is 1. The van der Waals surface area contributed by atoms with Gasteiger partial charge < -0.3 is 15.7 Å². The van der Waals surface area contributed by atoms with Gasteiger partial charge in [-0.1, -0.05) is 12.1 Å². The average Bonchev–Trinajstić information content (AvgIpc) is 3.28. The number of benzene rings is 1. The van der Waals surface area contributed by atoms with Crippen LogP contribution in [-0.4, -0.2) is 22.9 Å². The van der Waals surface area contributed by atoms with E-state index in [1.165, 1.54) is 6.92 Å². The molecule has 112 valence electrons. The molecular weight excluding hydrogens is 272 g/mol. The van der Waals surface area contributed by atoms with Crippen LogP contribution in [0.3, 0.4) is 0 Å². The molecule has 0 spiro atoms. The number of carbonyl (C=O) groups is 3. The van der Waals surface area contributed by atoms with Gasteiger partial charge in [-0.25, -0.2) is 0 Å². The minimum atomic E-state index is -1.15. The quantitative estimate of drug-likeness (QED) is 0.689. The molecule has 6 heteroatoms. The van der Waals surface area contributed by atoms with Crippen molar-refractivity contribution in [3.63, 3.8) is 0 Å². The molecule has 1 aromatic rings. The zero-order chi connectivity index (χ0) is 15.4. The van der Waals surface area contributed by atoms with Gasteiger partial charge in [-0.2, -0.15) is 0 Å². The van der Waals surface area contributed by atoms with Crippen molar-refractivity contribution in [2.75, 3.05) is 5.32 Å². The summed E-state index contributed by atoms with van der Waals surface area (Å²) in [5.41, 5.74) is 1.49. The van der Waals surface area contributed by atoms with Crippen molar-refractivity contribution in [1.29, 1.82) is 0 Å². The normalized spacial score (nSPS) is 15.1. The fourth-order valence-corrected chi connectivity index (χ4v) is 1.80. The Morgan fingerprint density at radius 2 is 2.05 bits per heavy atom. The third-order valence-corrected chi connectivity index (χ3v) is 3.37. The maximum atomic E-state index is 11.7. The first kappa shape index (κ1) is 15.0. The molecule has 6 nitrogen and oxygen atoms in total. The maximum absolute atomic E-state index is 11.7. The van der Waals surface area contributed by atoms with Crippen LogP contribution in [0, 0.1) is 11.8 Å².